The summed E-state index contributed by atoms with van der Waals surface area (Å²) >= 11 is 0. The van der Waals surface area contributed by atoms with Gasteiger partial charge < -0.3 is 19.5 Å². The van der Waals surface area contributed by atoms with Gasteiger partial charge in [-0.2, -0.15) is 0 Å². The summed E-state index contributed by atoms with van der Waals surface area (Å²) in [7, 11) is 0. The van der Waals surface area contributed by atoms with Crippen LogP contribution in [0.5, 0.6) is 5.75 Å². The fourth-order valence-corrected chi connectivity index (χ4v) is 5.78. The number of rotatable bonds is 9. The average molecular weight is 559 g/mol. The molecular weight excluding hydrogens is 524 g/mol. The molecule has 212 valence electrons. The van der Waals surface area contributed by atoms with Gasteiger partial charge in [-0.05, 0) is 52.1 Å². The summed E-state index contributed by atoms with van der Waals surface area (Å²) in [5, 5.41) is 9.05. The van der Waals surface area contributed by atoms with E-state index in [1.807, 2.05) is 71.6 Å². The van der Waals surface area contributed by atoms with E-state index in [0.717, 1.165) is 33.4 Å². The van der Waals surface area contributed by atoms with E-state index in [1.54, 1.807) is 6.08 Å². The van der Waals surface area contributed by atoms with Crippen LogP contribution in [-0.2, 0) is 22.5 Å². The zero-order valence-corrected chi connectivity index (χ0v) is 23.5. The second-order valence-corrected chi connectivity index (χ2v) is 10.7. The third-order valence-electron chi connectivity index (χ3n) is 7.90. The van der Waals surface area contributed by atoms with Gasteiger partial charge in [-0.25, -0.2) is 4.99 Å². The van der Waals surface area contributed by atoms with Crippen LogP contribution in [0.25, 0.3) is 11.1 Å². The number of ether oxygens (including phenoxy) is 2. The van der Waals surface area contributed by atoms with Crippen LogP contribution >= 0.6 is 0 Å². The molecule has 0 aromatic heterocycles. The van der Waals surface area contributed by atoms with Crippen LogP contribution in [0.15, 0.2) is 121 Å². The minimum atomic E-state index is -1.19. The van der Waals surface area contributed by atoms with Crippen LogP contribution < -0.4 is 4.74 Å². The maximum Gasteiger partial charge on any atom is 0.255 e. The Kier molecular flexibility index (Phi) is 7.89. The molecule has 4 aromatic carbocycles. The molecule has 2 atom stereocenters. The molecule has 0 bridgehead atoms. The molecule has 1 spiro atoms. The number of carbonyl (C=O) groups is 1. The molecule has 2 aliphatic rings. The number of carbonyl (C=O) groups excluding carboxylic acids is 1. The quantitative estimate of drug-likeness (QED) is 0.198. The number of amides is 1. The molecular formula is C36H34N2O4. The first-order chi connectivity index (χ1) is 20.6. The van der Waals surface area contributed by atoms with Crippen molar-refractivity contribution in [2.75, 3.05) is 19.8 Å². The summed E-state index contributed by atoms with van der Waals surface area (Å²) in [6, 6.07) is 34.2. The molecule has 6 heteroatoms. The van der Waals surface area contributed by atoms with Gasteiger partial charge in [0, 0.05) is 38.1 Å². The van der Waals surface area contributed by atoms with Crippen LogP contribution in [0.2, 0.25) is 0 Å². The summed E-state index contributed by atoms with van der Waals surface area (Å²) in [4.78, 5) is 21.5. The molecule has 0 unspecified atom stereocenters. The number of hydrogen-bond acceptors (Lipinski definition) is 5. The predicted octanol–water partition coefficient (Wildman–Crippen LogP) is 6.14. The van der Waals surface area contributed by atoms with Gasteiger partial charge >= 0.3 is 0 Å². The van der Waals surface area contributed by atoms with E-state index in [-0.39, 0.29) is 12.5 Å². The van der Waals surface area contributed by atoms with Crippen LogP contribution in [0, 0.1) is 0 Å². The number of benzene rings is 4. The van der Waals surface area contributed by atoms with Gasteiger partial charge in [-0.15, -0.1) is 6.58 Å². The third-order valence-corrected chi connectivity index (χ3v) is 7.90. The number of aliphatic imine (C=N–C) groups is 1. The highest BCUT2D eigenvalue weighted by atomic mass is 16.5. The van der Waals surface area contributed by atoms with Crippen molar-refractivity contribution in [1.29, 1.82) is 0 Å². The third kappa shape index (κ3) is 5.33. The fourth-order valence-electron chi connectivity index (χ4n) is 5.78. The summed E-state index contributed by atoms with van der Waals surface area (Å²) in [5.41, 5.74) is 4.89. The number of aliphatic hydroxyl groups is 1. The zero-order valence-electron chi connectivity index (χ0n) is 23.5. The summed E-state index contributed by atoms with van der Waals surface area (Å²) in [5.74, 6) is 1.06. The highest BCUT2D eigenvalue weighted by molar-refractivity contribution is 6.01. The maximum absolute atomic E-state index is 14.5. The van der Waals surface area contributed by atoms with Gasteiger partial charge in [-0.1, -0.05) is 84.9 Å². The first-order valence-corrected chi connectivity index (χ1v) is 14.3. The van der Waals surface area contributed by atoms with Gasteiger partial charge in [0.1, 0.15) is 5.75 Å². The Balaban J connectivity index is 1.42. The lowest BCUT2D eigenvalue weighted by molar-refractivity contribution is -0.139. The molecule has 2 aliphatic heterocycles. The van der Waals surface area contributed by atoms with E-state index >= 15 is 0 Å². The number of fused-ring (bicyclic) bond motifs is 1. The summed E-state index contributed by atoms with van der Waals surface area (Å²) in [6.45, 7) is 5.34. The predicted molar refractivity (Wildman–Crippen MR) is 164 cm³/mol. The van der Waals surface area contributed by atoms with E-state index in [2.05, 4.69) is 43.0 Å². The monoisotopic (exact) mass is 558 g/mol. The summed E-state index contributed by atoms with van der Waals surface area (Å²) in [6.07, 6.45) is 2.13. The van der Waals surface area contributed by atoms with E-state index in [4.69, 9.17) is 19.6 Å². The van der Waals surface area contributed by atoms with E-state index in [1.165, 1.54) is 0 Å². The van der Waals surface area contributed by atoms with E-state index in [0.29, 0.717) is 44.2 Å². The van der Waals surface area contributed by atoms with Crippen LogP contribution in [-0.4, -0.2) is 47.1 Å². The second-order valence-electron chi connectivity index (χ2n) is 10.7. The normalized spacial score (nSPS) is 19.5. The lowest BCUT2D eigenvalue weighted by Gasteiger charge is -2.33. The highest BCUT2D eigenvalue weighted by Crippen LogP contribution is 2.45. The van der Waals surface area contributed by atoms with Crippen molar-refractivity contribution in [3.8, 4) is 16.9 Å². The Morgan fingerprint density at radius 2 is 1.57 bits per heavy atom. The van der Waals surface area contributed by atoms with Crippen LogP contribution in [0.1, 0.15) is 34.8 Å². The smallest absolute Gasteiger partial charge is 0.255 e. The maximum atomic E-state index is 14.5. The minimum Gasteiger partial charge on any atom is -0.494 e. The Morgan fingerprint density at radius 1 is 0.905 bits per heavy atom. The number of hydrogen-bond donors (Lipinski definition) is 1. The lowest BCUT2D eigenvalue weighted by atomic mass is 9.81. The molecule has 0 aliphatic carbocycles. The second kappa shape index (κ2) is 12.0. The van der Waals surface area contributed by atoms with Crippen molar-refractivity contribution in [3.63, 3.8) is 0 Å². The Morgan fingerprint density at radius 3 is 2.29 bits per heavy atom. The lowest BCUT2D eigenvalue weighted by Crippen LogP contribution is -2.50. The molecule has 1 amide bonds. The molecule has 0 radical (unpaired) electrons. The molecule has 6 nitrogen and oxygen atoms in total. The molecule has 42 heavy (non-hydrogen) atoms. The van der Waals surface area contributed by atoms with Gasteiger partial charge in [-0.3, -0.25) is 4.79 Å². The molecule has 4 aromatic rings. The Labute approximate surface area is 246 Å². The molecule has 1 N–H and O–H groups in total. The topological polar surface area (TPSA) is 71.4 Å². The molecule has 0 fully saturated rings. The Hall–Kier alpha value is -4.68. The van der Waals surface area contributed by atoms with Crippen molar-refractivity contribution in [3.05, 3.63) is 138 Å². The fraction of sp³-hybridized carbons (Fsp3) is 0.222. The molecule has 0 saturated carbocycles. The first kappa shape index (κ1) is 27.5. The van der Waals surface area contributed by atoms with Crippen molar-refractivity contribution in [1.82, 2.24) is 4.90 Å². The van der Waals surface area contributed by atoms with Crippen molar-refractivity contribution < 1.29 is 19.4 Å². The van der Waals surface area contributed by atoms with E-state index < -0.39 is 11.6 Å². The van der Waals surface area contributed by atoms with Crippen molar-refractivity contribution in [2.24, 2.45) is 4.99 Å². The van der Waals surface area contributed by atoms with Gasteiger partial charge in [0.15, 0.2) is 11.6 Å². The van der Waals surface area contributed by atoms with Crippen molar-refractivity contribution >= 4 is 11.8 Å². The zero-order chi connectivity index (χ0) is 28.9. The van der Waals surface area contributed by atoms with Gasteiger partial charge in [0.2, 0.25) is 5.90 Å². The molecule has 2 heterocycles. The van der Waals surface area contributed by atoms with Gasteiger partial charge in [0.25, 0.3) is 5.91 Å². The van der Waals surface area contributed by atoms with Crippen molar-refractivity contribution in [2.45, 2.75) is 31.0 Å². The SMILES string of the molecule is C=CCN1Cc2ccccc2C[C@]2(N=C(c3ccc(OCCCO)cc3)O[C@@H]2c2ccc(-c3ccccc3)cc2)C1=O. The van der Waals surface area contributed by atoms with Crippen LogP contribution in [0.3, 0.4) is 0 Å². The van der Waals surface area contributed by atoms with Gasteiger partial charge in [0.05, 0.1) is 6.61 Å². The number of nitrogens with zero attached hydrogens (tertiary/aromatic N) is 2. The highest BCUT2D eigenvalue weighted by Gasteiger charge is 2.55. The number of aliphatic hydroxyl groups excluding tert-OH is 1. The largest absolute Gasteiger partial charge is 0.494 e. The van der Waals surface area contributed by atoms with E-state index in [9.17, 15) is 4.79 Å². The summed E-state index contributed by atoms with van der Waals surface area (Å²) < 4.78 is 12.4. The molecule has 0 saturated heterocycles. The average Bonchev–Trinajstić information content (AvgIpc) is 3.37. The minimum absolute atomic E-state index is 0.0744. The standard InChI is InChI=1S/C36H34N2O4/c1-2-21-38-25-31-12-7-6-11-30(31)24-36(35(38)40)33(28-15-13-27(14-16-28)26-9-4-3-5-10-26)42-34(37-36)29-17-19-32(20-18-29)41-23-8-22-39/h2-7,9-20,33,39H,1,8,21-25H2/t33-,36-/m1/s1. The van der Waals surface area contributed by atoms with Crippen LogP contribution in [0.4, 0.5) is 0 Å². The molecule has 6 rings (SSSR count). The first-order valence-electron chi connectivity index (χ1n) is 14.3. The Bertz CT molecular complexity index is 1580.